The van der Waals surface area contributed by atoms with Crippen LogP contribution in [0.2, 0.25) is 0 Å². The molecule has 0 unspecified atom stereocenters. The molecule has 0 spiro atoms. The molecule has 1 fully saturated rings. The van der Waals surface area contributed by atoms with Gasteiger partial charge in [-0.05, 0) is 28.1 Å². The van der Waals surface area contributed by atoms with Crippen molar-refractivity contribution in [1.29, 1.82) is 0 Å². The molecule has 164 valence electrons. The van der Waals surface area contributed by atoms with Crippen LogP contribution in [0.1, 0.15) is 18.7 Å². The van der Waals surface area contributed by atoms with Gasteiger partial charge in [0.15, 0.2) is 5.01 Å². The Bertz CT molecular complexity index is 1070. The maximum Gasteiger partial charge on any atom is 0.321 e. The van der Waals surface area contributed by atoms with E-state index < -0.39 is 12.0 Å². The van der Waals surface area contributed by atoms with Gasteiger partial charge in [-0.2, -0.15) is 4.98 Å². The monoisotopic (exact) mass is 512 g/mol. The molecule has 1 aliphatic rings. The molecule has 0 bridgehead atoms. The molecule has 3 heterocycles. The Labute approximate surface area is 188 Å². The Hall–Kier alpha value is -2.64. The summed E-state index contributed by atoms with van der Waals surface area (Å²) >= 11 is 4.69. The highest BCUT2D eigenvalue weighted by Crippen LogP contribution is 2.31. The van der Waals surface area contributed by atoms with Gasteiger partial charge in [0, 0.05) is 32.0 Å². The molecule has 1 atom stereocenters. The number of aromatic nitrogens is 4. The molecule has 0 amide bonds. The SMILES string of the molecule is N[C@@H](Cc1nc(-c2nnc(N3CCC(Oc4cc(F)ccc4Br)CC3)s2)no1)C(=O)O. The summed E-state index contributed by atoms with van der Waals surface area (Å²) in [6.45, 7) is 1.41. The number of ether oxygens (including phenoxy) is 1. The zero-order valence-electron chi connectivity index (χ0n) is 16.1. The van der Waals surface area contributed by atoms with Gasteiger partial charge in [-0.25, -0.2) is 4.39 Å². The predicted octanol–water partition coefficient (Wildman–Crippen LogP) is 2.49. The van der Waals surface area contributed by atoms with Crippen LogP contribution in [0.4, 0.5) is 9.52 Å². The van der Waals surface area contributed by atoms with Gasteiger partial charge in [0.1, 0.15) is 23.7 Å². The highest BCUT2D eigenvalue weighted by Gasteiger charge is 2.25. The van der Waals surface area contributed by atoms with Crippen molar-refractivity contribution in [1.82, 2.24) is 20.3 Å². The highest BCUT2D eigenvalue weighted by atomic mass is 79.9. The smallest absolute Gasteiger partial charge is 0.321 e. The molecule has 10 nitrogen and oxygen atoms in total. The number of hydrogen-bond acceptors (Lipinski definition) is 10. The van der Waals surface area contributed by atoms with Gasteiger partial charge in [-0.1, -0.05) is 16.5 Å². The third-order valence-corrected chi connectivity index (χ3v) is 6.32. The second-order valence-electron chi connectivity index (χ2n) is 6.93. The first-order valence-electron chi connectivity index (χ1n) is 9.40. The molecule has 31 heavy (non-hydrogen) atoms. The van der Waals surface area contributed by atoms with E-state index in [1.54, 1.807) is 6.07 Å². The third-order valence-electron chi connectivity index (χ3n) is 4.68. The maximum atomic E-state index is 13.5. The van der Waals surface area contributed by atoms with E-state index in [1.807, 2.05) is 0 Å². The van der Waals surface area contributed by atoms with Crippen molar-refractivity contribution >= 4 is 38.4 Å². The number of anilines is 1. The Balaban J connectivity index is 1.35. The number of nitrogens with two attached hydrogens (primary N) is 1. The molecular formula is C18H18BrFN6O4S. The number of rotatable bonds is 7. The number of aliphatic carboxylic acids is 1. The molecule has 0 aliphatic carbocycles. The molecule has 1 saturated heterocycles. The second-order valence-corrected chi connectivity index (χ2v) is 8.74. The lowest BCUT2D eigenvalue weighted by molar-refractivity contribution is -0.138. The van der Waals surface area contributed by atoms with Crippen LogP contribution in [0.15, 0.2) is 27.2 Å². The van der Waals surface area contributed by atoms with Crippen LogP contribution >= 0.6 is 27.3 Å². The van der Waals surface area contributed by atoms with Gasteiger partial charge < -0.3 is 25.0 Å². The van der Waals surface area contributed by atoms with Crippen LogP contribution in [0.5, 0.6) is 5.75 Å². The third kappa shape index (κ3) is 5.17. The Morgan fingerprint density at radius 3 is 2.94 bits per heavy atom. The molecule has 2 aromatic heterocycles. The van der Waals surface area contributed by atoms with Crippen LogP contribution in [0.3, 0.4) is 0 Å². The fourth-order valence-electron chi connectivity index (χ4n) is 3.05. The largest absolute Gasteiger partial charge is 0.489 e. The van der Waals surface area contributed by atoms with Crippen molar-refractivity contribution in [3.63, 3.8) is 0 Å². The summed E-state index contributed by atoms with van der Waals surface area (Å²) in [5, 5.41) is 22.2. The first kappa shape index (κ1) is 21.6. The van der Waals surface area contributed by atoms with Gasteiger partial charge in [0.05, 0.1) is 10.9 Å². The van der Waals surface area contributed by atoms with Crippen molar-refractivity contribution in [2.45, 2.75) is 31.4 Å². The number of hydrogen-bond donors (Lipinski definition) is 2. The van der Waals surface area contributed by atoms with Crippen LogP contribution in [-0.4, -0.2) is 56.6 Å². The number of piperidine rings is 1. The van der Waals surface area contributed by atoms with E-state index in [9.17, 15) is 9.18 Å². The summed E-state index contributed by atoms with van der Waals surface area (Å²) in [5.74, 6) is -0.623. The average Bonchev–Trinajstić information content (AvgIpc) is 3.41. The molecule has 1 aromatic carbocycles. The molecule has 3 N–H and O–H groups in total. The van der Waals surface area contributed by atoms with Crippen molar-refractivity contribution in [3.8, 4) is 16.6 Å². The minimum atomic E-state index is -1.14. The molecule has 3 aromatic rings. The van der Waals surface area contributed by atoms with E-state index in [0.29, 0.717) is 33.5 Å². The van der Waals surface area contributed by atoms with E-state index in [2.05, 4.69) is 41.2 Å². The summed E-state index contributed by atoms with van der Waals surface area (Å²) < 4.78 is 25.2. The topological polar surface area (TPSA) is 140 Å². The van der Waals surface area contributed by atoms with Crippen molar-refractivity contribution < 1.29 is 23.6 Å². The summed E-state index contributed by atoms with van der Waals surface area (Å²) in [5.41, 5.74) is 5.48. The standard InChI is InChI=1S/C18H18BrFN6O4S/c19-11-2-1-9(20)7-13(11)29-10-3-5-26(6-4-10)18-24-23-16(31-18)15-22-14(30-25-15)8-12(21)17(27)28/h1-2,7,10,12H,3-6,8,21H2,(H,27,28)/t12-/m0/s1. The molecule has 4 rings (SSSR count). The summed E-state index contributed by atoms with van der Waals surface area (Å²) in [4.78, 5) is 17.1. The Morgan fingerprint density at radius 2 is 2.19 bits per heavy atom. The fraction of sp³-hybridized carbons (Fsp3) is 0.389. The second kappa shape index (κ2) is 9.24. The zero-order chi connectivity index (χ0) is 22.0. The zero-order valence-corrected chi connectivity index (χ0v) is 18.5. The van der Waals surface area contributed by atoms with E-state index in [1.165, 1.54) is 23.5 Å². The molecule has 1 aliphatic heterocycles. The fourth-order valence-corrected chi connectivity index (χ4v) is 4.21. The minimum Gasteiger partial charge on any atom is -0.489 e. The Kier molecular flexibility index (Phi) is 6.43. The molecule has 13 heteroatoms. The number of carboxylic acid groups (broad SMARTS) is 1. The highest BCUT2D eigenvalue weighted by molar-refractivity contribution is 9.10. The maximum absolute atomic E-state index is 13.5. The number of nitrogens with zero attached hydrogens (tertiary/aromatic N) is 5. The number of benzene rings is 1. The quantitative estimate of drug-likeness (QED) is 0.484. The molecule has 0 radical (unpaired) electrons. The van der Waals surface area contributed by atoms with Gasteiger partial charge in [0.2, 0.25) is 16.8 Å². The number of halogens is 2. The number of carbonyl (C=O) groups is 1. The van der Waals surface area contributed by atoms with E-state index in [-0.39, 0.29) is 30.1 Å². The van der Waals surface area contributed by atoms with Gasteiger partial charge in [-0.3, -0.25) is 4.79 Å². The van der Waals surface area contributed by atoms with Crippen LogP contribution in [0.25, 0.3) is 10.8 Å². The first-order valence-corrected chi connectivity index (χ1v) is 11.0. The van der Waals surface area contributed by atoms with Gasteiger partial charge in [0.25, 0.3) is 0 Å². The average molecular weight is 513 g/mol. The lowest BCUT2D eigenvalue weighted by atomic mass is 10.1. The van der Waals surface area contributed by atoms with Gasteiger partial charge in [-0.15, -0.1) is 10.2 Å². The van der Waals surface area contributed by atoms with Crippen molar-refractivity contribution in [3.05, 3.63) is 34.4 Å². The molecule has 0 saturated carbocycles. The van der Waals surface area contributed by atoms with Gasteiger partial charge >= 0.3 is 5.97 Å². The predicted molar refractivity (Wildman–Crippen MR) is 112 cm³/mol. The van der Waals surface area contributed by atoms with Crippen molar-refractivity contribution in [2.24, 2.45) is 5.73 Å². The van der Waals surface area contributed by atoms with Crippen LogP contribution in [0, 0.1) is 5.82 Å². The Morgan fingerprint density at radius 1 is 1.42 bits per heavy atom. The van der Waals surface area contributed by atoms with Crippen LogP contribution in [-0.2, 0) is 11.2 Å². The molecular weight excluding hydrogens is 495 g/mol. The first-order chi connectivity index (χ1) is 14.9. The van der Waals surface area contributed by atoms with E-state index >= 15 is 0 Å². The summed E-state index contributed by atoms with van der Waals surface area (Å²) in [6.07, 6.45) is 1.40. The van der Waals surface area contributed by atoms with E-state index in [4.69, 9.17) is 20.1 Å². The van der Waals surface area contributed by atoms with Crippen molar-refractivity contribution in [2.75, 3.05) is 18.0 Å². The summed E-state index contributed by atoms with van der Waals surface area (Å²) in [6, 6.07) is 3.26. The van der Waals surface area contributed by atoms with E-state index in [0.717, 1.165) is 12.8 Å². The lowest BCUT2D eigenvalue weighted by Crippen LogP contribution is -2.38. The van der Waals surface area contributed by atoms with Crippen LogP contribution < -0.4 is 15.4 Å². The lowest BCUT2D eigenvalue weighted by Gasteiger charge is -2.31. The normalized spacial score (nSPS) is 15.8. The minimum absolute atomic E-state index is 0.0278. The summed E-state index contributed by atoms with van der Waals surface area (Å²) in [7, 11) is 0. The number of carboxylic acids is 1.